The lowest BCUT2D eigenvalue weighted by atomic mass is 9.98. The van der Waals surface area contributed by atoms with Crippen molar-refractivity contribution in [1.29, 1.82) is 0 Å². The van der Waals surface area contributed by atoms with Gasteiger partial charge in [-0.15, -0.1) is 0 Å². The highest BCUT2D eigenvalue weighted by molar-refractivity contribution is 9.10. The number of benzene rings is 1. The Morgan fingerprint density at radius 3 is 2.85 bits per heavy atom. The van der Waals surface area contributed by atoms with Gasteiger partial charge in [-0.1, -0.05) is 22.9 Å². The summed E-state index contributed by atoms with van der Waals surface area (Å²) in [4.78, 5) is 0. The molecule has 20 heavy (non-hydrogen) atoms. The molecular weight excluding hydrogens is 322 g/mol. The van der Waals surface area contributed by atoms with Crippen molar-refractivity contribution >= 4 is 15.9 Å². The summed E-state index contributed by atoms with van der Waals surface area (Å²) in [6.45, 7) is 6.92. The fourth-order valence-corrected chi connectivity index (χ4v) is 2.81. The maximum atomic E-state index is 5.86. The second-order valence-corrected chi connectivity index (χ2v) is 5.72. The molecule has 2 unspecified atom stereocenters. The van der Waals surface area contributed by atoms with Crippen molar-refractivity contribution in [2.75, 3.05) is 33.5 Å². The Hall–Kier alpha value is -0.620. The Bertz CT molecular complexity index is 447. The molecule has 5 heteroatoms. The van der Waals surface area contributed by atoms with E-state index in [0.717, 1.165) is 27.9 Å². The summed E-state index contributed by atoms with van der Waals surface area (Å²) in [5, 5.41) is 3.48. The third-order valence-corrected chi connectivity index (χ3v) is 4.34. The normalized spacial score (nSPS) is 20.7. The molecular formula is C15H22BrNO3. The molecule has 112 valence electrons. The van der Waals surface area contributed by atoms with Crippen LogP contribution in [-0.2, 0) is 9.47 Å². The van der Waals surface area contributed by atoms with Gasteiger partial charge < -0.3 is 19.5 Å². The third kappa shape index (κ3) is 3.52. The average molecular weight is 344 g/mol. The molecule has 1 aromatic rings. The SMILES string of the molecule is CCNC(c1cc(Br)c(C)cc1OC)C1COCCO1. The van der Waals surface area contributed by atoms with E-state index in [0.29, 0.717) is 19.8 Å². The lowest BCUT2D eigenvalue weighted by Crippen LogP contribution is -2.40. The van der Waals surface area contributed by atoms with Crippen LogP contribution in [0.25, 0.3) is 0 Å². The van der Waals surface area contributed by atoms with Crippen LogP contribution in [0, 0.1) is 6.92 Å². The van der Waals surface area contributed by atoms with Crippen LogP contribution in [0.4, 0.5) is 0 Å². The van der Waals surface area contributed by atoms with E-state index in [9.17, 15) is 0 Å². The summed E-state index contributed by atoms with van der Waals surface area (Å²) < 4.78 is 18.0. The Morgan fingerprint density at radius 2 is 2.25 bits per heavy atom. The largest absolute Gasteiger partial charge is 0.496 e. The van der Waals surface area contributed by atoms with Gasteiger partial charge in [0, 0.05) is 10.0 Å². The van der Waals surface area contributed by atoms with Gasteiger partial charge in [0.15, 0.2) is 0 Å². The molecule has 4 nitrogen and oxygen atoms in total. The van der Waals surface area contributed by atoms with Crippen molar-refractivity contribution in [3.05, 3.63) is 27.7 Å². The van der Waals surface area contributed by atoms with E-state index in [1.165, 1.54) is 0 Å². The average Bonchev–Trinajstić information content (AvgIpc) is 2.48. The molecule has 1 N–H and O–H groups in total. The number of methoxy groups -OCH3 is 1. The van der Waals surface area contributed by atoms with Crippen LogP contribution in [0.2, 0.25) is 0 Å². The maximum absolute atomic E-state index is 5.86. The Kier molecular flexibility index (Phi) is 5.84. The zero-order chi connectivity index (χ0) is 14.5. The molecule has 1 aliphatic rings. The van der Waals surface area contributed by atoms with E-state index in [1.807, 2.05) is 6.07 Å². The molecule has 1 aliphatic heterocycles. The number of likely N-dealkylation sites (N-methyl/N-ethyl adjacent to an activating group) is 1. The van der Waals surface area contributed by atoms with Crippen LogP contribution >= 0.6 is 15.9 Å². The van der Waals surface area contributed by atoms with E-state index < -0.39 is 0 Å². The van der Waals surface area contributed by atoms with Gasteiger partial charge >= 0.3 is 0 Å². The van der Waals surface area contributed by atoms with Gasteiger partial charge in [0.2, 0.25) is 0 Å². The second-order valence-electron chi connectivity index (χ2n) is 4.86. The first kappa shape index (κ1) is 15.8. The van der Waals surface area contributed by atoms with E-state index >= 15 is 0 Å². The Morgan fingerprint density at radius 1 is 1.45 bits per heavy atom. The molecule has 0 radical (unpaired) electrons. The summed E-state index contributed by atoms with van der Waals surface area (Å²) in [7, 11) is 1.70. The van der Waals surface area contributed by atoms with Crippen LogP contribution in [0.1, 0.15) is 24.1 Å². The predicted molar refractivity (Wildman–Crippen MR) is 82.4 cm³/mol. The van der Waals surface area contributed by atoms with Gasteiger partial charge in [0.1, 0.15) is 11.9 Å². The van der Waals surface area contributed by atoms with Crippen LogP contribution in [0.5, 0.6) is 5.75 Å². The lowest BCUT2D eigenvalue weighted by molar-refractivity contribution is -0.102. The zero-order valence-electron chi connectivity index (χ0n) is 12.2. The molecule has 0 bridgehead atoms. The van der Waals surface area contributed by atoms with Crippen LogP contribution in [0.3, 0.4) is 0 Å². The van der Waals surface area contributed by atoms with Crippen LogP contribution < -0.4 is 10.1 Å². The van der Waals surface area contributed by atoms with Crippen molar-refractivity contribution in [2.24, 2.45) is 0 Å². The minimum Gasteiger partial charge on any atom is -0.496 e. The summed E-state index contributed by atoms with van der Waals surface area (Å²) in [6, 6.07) is 4.22. The van der Waals surface area contributed by atoms with E-state index in [2.05, 4.69) is 41.2 Å². The number of hydrogen-bond acceptors (Lipinski definition) is 4. The molecule has 1 heterocycles. The maximum Gasteiger partial charge on any atom is 0.124 e. The molecule has 1 aromatic carbocycles. The van der Waals surface area contributed by atoms with Gasteiger partial charge in [0.25, 0.3) is 0 Å². The molecule has 1 fully saturated rings. The molecule has 2 rings (SSSR count). The number of halogens is 1. The number of rotatable bonds is 5. The molecule has 0 aliphatic carbocycles. The van der Waals surface area contributed by atoms with E-state index in [4.69, 9.17) is 14.2 Å². The zero-order valence-corrected chi connectivity index (χ0v) is 13.8. The van der Waals surface area contributed by atoms with Crippen LogP contribution in [0.15, 0.2) is 16.6 Å². The number of nitrogens with one attached hydrogen (secondary N) is 1. The Labute approximate surface area is 128 Å². The topological polar surface area (TPSA) is 39.7 Å². The minimum atomic E-state index is 0.00667. The number of aryl methyl sites for hydroxylation is 1. The number of ether oxygens (including phenoxy) is 3. The van der Waals surface area contributed by atoms with Crippen molar-refractivity contribution in [3.8, 4) is 5.75 Å². The fourth-order valence-electron chi connectivity index (χ4n) is 2.45. The fraction of sp³-hybridized carbons (Fsp3) is 0.600. The summed E-state index contributed by atoms with van der Waals surface area (Å²) in [6.07, 6.45) is 0.00667. The van der Waals surface area contributed by atoms with Gasteiger partial charge in [0.05, 0.1) is 33.0 Å². The van der Waals surface area contributed by atoms with E-state index in [1.54, 1.807) is 7.11 Å². The highest BCUT2D eigenvalue weighted by atomic mass is 79.9. The van der Waals surface area contributed by atoms with Crippen molar-refractivity contribution < 1.29 is 14.2 Å². The monoisotopic (exact) mass is 343 g/mol. The summed E-state index contributed by atoms with van der Waals surface area (Å²) in [5.74, 6) is 0.880. The molecule has 2 atom stereocenters. The Balaban J connectivity index is 2.34. The van der Waals surface area contributed by atoms with Gasteiger partial charge in [-0.25, -0.2) is 0 Å². The smallest absolute Gasteiger partial charge is 0.124 e. The molecule has 1 saturated heterocycles. The van der Waals surface area contributed by atoms with Crippen molar-refractivity contribution in [3.63, 3.8) is 0 Å². The quantitative estimate of drug-likeness (QED) is 0.892. The van der Waals surface area contributed by atoms with Crippen LogP contribution in [-0.4, -0.2) is 39.6 Å². The second kappa shape index (κ2) is 7.41. The molecule has 0 aromatic heterocycles. The first-order valence-electron chi connectivity index (χ1n) is 6.94. The van der Waals surface area contributed by atoms with Gasteiger partial charge in [-0.3, -0.25) is 0 Å². The van der Waals surface area contributed by atoms with Crippen molar-refractivity contribution in [1.82, 2.24) is 5.32 Å². The molecule has 0 spiro atoms. The van der Waals surface area contributed by atoms with E-state index in [-0.39, 0.29) is 12.1 Å². The standard InChI is InChI=1S/C15H22BrNO3/c1-4-17-15(14-9-19-5-6-20-14)11-8-12(16)10(2)7-13(11)18-3/h7-8,14-15,17H,4-6,9H2,1-3H3. The third-order valence-electron chi connectivity index (χ3n) is 3.48. The first-order valence-corrected chi connectivity index (χ1v) is 7.73. The highest BCUT2D eigenvalue weighted by Crippen LogP contribution is 2.34. The molecule has 0 saturated carbocycles. The minimum absolute atomic E-state index is 0.00667. The summed E-state index contributed by atoms with van der Waals surface area (Å²) in [5.41, 5.74) is 2.25. The first-order chi connectivity index (χ1) is 9.67. The molecule has 0 amide bonds. The predicted octanol–water partition coefficient (Wildman–Crippen LogP) is 2.83. The van der Waals surface area contributed by atoms with Gasteiger partial charge in [-0.05, 0) is 31.2 Å². The van der Waals surface area contributed by atoms with Crippen molar-refractivity contribution in [2.45, 2.75) is 26.0 Å². The highest BCUT2D eigenvalue weighted by Gasteiger charge is 2.28. The summed E-state index contributed by atoms with van der Waals surface area (Å²) >= 11 is 3.60. The van der Waals surface area contributed by atoms with Gasteiger partial charge in [-0.2, -0.15) is 0 Å². The number of hydrogen-bond donors (Lipinski definition) is 1. The lowest BCUT2D eigenvalue weighted by Gasteiger charge is -2.32.